The summed E-state index contributed by atoms with van der Waals surface area (Å²) in [4.78, 5) is 0. The third-order valence-corrected chi connectivity index (χ3v) is 3.07. The number of fused-ring (bicyclic) bond motifs is 2. The van der Waals surface area contributed by atoms with Crippen molar-refractivity contribution in [2.24, 2.45) is 11.8 Å². The molecule has 2 rings (SSSR count). The molecule has 1 saturated heterocycles. The molecule has 1 heteroatoms. The van der Waals surface area contributed by atoms with Gasteiger partial charge in [0, 0.05) is 11.8 Å². The van der Waals surface area contributed by atoms with Crippen LogP contribution in [0.1, 0.15) is 27.2 Å². The molecule has 3 atom stereocenters. The molecule has 1 aliphatic heterocycles. The Morgan fingerprint density at radius 2 is 2.09 bits per heavy atom. The molecule has 0 aromatic carbocycles. The fourth-order valence-electron chi connectivity index (χ4n) is 2.13. The molecule has 0 N–H and O–H groups in total. The third kappa shape index (κ3) is 1.02. The van der Waals surface area contributed by atoms with E-state index < -0.39 is 0 Å². The third-order valence-electron chi connectivity index (χ3n) is 3.07. The molecule has 0 amide bonds. The van der Waals surface area contributed by atoms with E-state index in [-0.39, 0.29) is 5.60 Å². The second-order valence-electron chi connectivity index (χ2n) is 4.35. The van der Waals surface area contributed by atoms with Crippen LogP contribution < -0.4 is 0 Å². The maximum absolute atomic E-state index is 5.92. The summed E-state index contributed by atoms with van der Waals surface area (Å²) in [6.45, 7) is 6.62. The molecular formula is C10H16O. The monoisotopic (exact) mass is 152 g/mol. The molecule has 1 aliphatic carbocycles. The minimum atomic E-state index is 0.0892. The number of rotatable bonds is 0. The molecule has 0 aromatic heterocycles. The summed E-state index contributed by atoms with van der Waals surface area (Å²) >= 11 is 0. The van der Waals surface area contributed by atoms with Gasteiger partial charge in [-0.1, -0.05) is 19.1 Å². The van der Waals surface area contributed by atoms with Crippen molar-refractivity contribution >= 4 is 0 Å². The van der Waals surface area contributed by atoms with Gasteiger partial charge < -0.3 is 4.74 Å². The van der Waals surface area contributed by atoms with Crippen LogP contribution in [0, 0.1) is 11.8 Å². The van der Waals surface area contributed by atoms with Crippen molar-refractivity contribution in [3.05, 3.63) is 12.2 Å². The molecule has 1 fully saturated rings. The fourth-order valence-corrected chi connectivity index (χ4v) is 2.13. The van der Waals surface area contributed by atoms with Crippen LogP contribution in [-0.2, 0) is 4.74 Å². The highest BCUT2D eigenvalue weighted by molar-refractivity contribution is 5.10. The molecule has 2 bridgehead atoms. The zero-order valence-electron chi connectivity index (χ0n) is 7.50. The van der Waals surface area contributed by atoms with E-state index in [9.17, 15) is 0 Å². The average Bonchev–Trinajstić information content (AvgIpc) is 2.16. The molecule has 0 saturated carbocycles. The Morgan fingerprint density at radius 3 is 2.73 bits per heavy atom. The molecule has 0 spiro atoms. The predicted octanol–water partition coefficient (Wildman–Crippen LogP) is 2.38. The maximum atomic E-state index is 5.92. The Hall–Kier alpha value is -0.300. The highest BCUT2D eigenvalue weighted by atomic mass is 16.5. The van der Waals surface area contributed by atoms with E-state index in [1.54, 1.807) is 0 Å². The summed E-state index contributed by atoms with van der Waals surface area (Å²) in [6.07, 6.45) is 6.34. The van der Waals surface area contributed by atoms with E-state index in [0.29, 0.717) is 17.9 Å². The van der Waals surface area contributed by atoms with Gasteiger partial charge in [-0.25, -0.2) is 0 Å². The predicted molar refractivity (Wildman–Crippen MR) is 45.4 cm³/mol. The van der Waals surface area contributed by atoms with Gasteiger partial charge in [0.25, 0.3) is 0 Å². The number of ether oxygens (including phenoxy) is 1. The Bertz CT molecular complexity index is 193. The fraction of sp³-hybridized carbons (Fsp3) is 0.800. The van der Waals surface area contributed by atoms with E-state index in [1.165, 1.54) is 6.42 Å². The SMILES string of the molecule is C[C@@H]1C=C[C@@H]2C[C@H]1OC2(C)C. The standard InChI is InChI=1S/C10H16O/c1-7-4-5-8-6-9(7)11-10(8,2)3/h4-5,7-9H,6H2,1-3H3/t7-,8-,9-/m1/s1. The van der Waals surface area contributed by atoms with Crippen molar-refractivity contribution in [3.8, 4) is 0 Å². The summed E-state index contributed by atoms with van der Waals surface area (Å²) in [5, 5.41) is 0. The van der Waals surface area contributed by atoms with Crippen molar-refractivity contribution in [3.63, 3.8) is 0 Å². The Kier molecular flexibility index (Phi) is 1.40. The van der Waals surface area contributed by atoms with Gasteiger partial charge in [0.1, 0.15) is 0 Å². The average molecular weight is 152 g/mol. The number of hydrogen-bond donors (Lipinski definition) is 0. The topological polar surface area (TPSA) is 9.23 Å². The maximum Gasteiger partial charge on any atom is 0.0693 e. The molecule has 2 aliphatic rings. The van der Waals surface area contributed by atoms with Crippen LogP contribution >= 0.6 is 0 Å². The smallest absolute Gasteiger partial charge is 0.0693 e. The van der Waals surface area contributed by atoms with Crippen LogP contribution in [0.5, 0.6) is 0 Å². The summed E-state index contributed by atoms with van der Waals surface area (Å²) in [5.74, 6) is 1.27. The Morgan fingerprint density at radius 1 is 1.36 bits per heavy atom. The molecule has 62 valence electrons. The lowest BCUT2D eigenvalue weighted by Crippen LogP contribution is -2.25. The second-order valence-corrected chi connectivity index (χ2v) is 4.35. The van der Waals surface area contributed by atoms with E-state index in [4.69, 9.17) is 4.74 Å². The number of hydrogen-bond acceptors (Lipinski definition) is 1. The highest BCUT2D eigenvalue weighted by Gasteiger charge is 2.43. The quantitative estimate of drug-likeness (QED) is 0.484. The Labute approximate surface area is 68.4 Å². The van der Waals surface area contributed by atoms with Gasteiger partial charge in [-0.2, -0.15) is 0 Å². The van der Waals surface area contributed by atoms with E-state index >= 15 is 0 Å². The van der Waals surface area contributed by atoms with Crippen molar-refractivity contribution in [1.29, 1.82) is 0 Å². The van der Waals surface area contributed by atoms with Crippen molar-refractivity contribution in [2.75, 3.05) is 0 Å². The normalized spacial score (nSPS) is 46.3. The first-order valence-electron chi connectivity index (χ1n) is 4.46. The first-order valence-corrected chi connectivity index (χ1v) is 4.46. The lowest BCUT2D eigenvalue weighted by atomic mass is 9.83. The highest BCUT2D eigenvalue weighted by Crippen LogP contribution is 2.42. The van der Waals surface area contributed by atoms with Crippen LogP contribution in [0.25, 0.3) is 0 Å². The van der Waals surface area contributed by atoms with E-state index in [0.717, 1.165) is 0 Å². The largest absolute Gasteiger partial charge is 0.371 e. The summed E-state index contributed by atoms with van der Waals surface area (Å²) in [7, 11) is 0. The first kappa shape index (κ1) is 7.35. The second kappa shape index (κ2) is 2.10. The van der Waals surface area contributed by atoms with Crippen molar-refractivity contribution in [1.82, 2.24) is 0 Å². The van der Waals surface area contributed by atoms with Crippen LogP contribution in [0.15, 0.2) is 12.2 Å². The van der Waals surface area contributed by atoms with Gasteiger partial charge in [-0.3, -0.25) is 0 Å². The van der Waals surface area contributed by atoms with Crippen molar-refractivity contribution in [2.45, 2.75) is 38.9 Å². The summed E-state index contributed by atoms with van der Waals surface area (Å²) in [6, 6.07) is 0. The lowest BCUT2D eigenvalue weighted by molar-refractivity contribution is -0.0338. The molecule has 0 aromatic rings. The van der Waals surface area contributed by atoms with Crippen molar-refractivity contribution < 1.29 is 4.74 Å². The molecule has 1 heterocycles. The molecule has 0 radical (unpaired) electrons. The minimum absolute atomic E-state index is 0.0892. The van der Waals surface area contributed by atoms with Gasteiger partial charge in [0.15, 0.2) is 0 Å². The van der Waals surface area contributed by atoms with E-state index in [2.05, 4.69) is 32.9 Å². The van der Waals surface area contributed by atoms with Gasteiger partial charge in [-0.15, -0.1) is 0 Å². The van der Waals surface area contributed by atoms with Crippen LogP contribution in [-0.4, -0.2) is 11.7 Å². The van der Waals surface area contributed by atoms with Gasteiger partial charge in [-0.05, 0) is 20.3 Å². The minimum Gasteiger partial charge on any atom is -0.371 e. The summed E-state index contributed by atoms with van der Waals surface area (Å²) in [5.41, 5.74) is 0.0892. The molecule has 1 nitrogen and oxygen atoms in total. The molecule has 11 heavy (non-hydrogen) atoms. The zero-order valence-corrected chi connectivity index (χ0v) is 7.50. The van der Waals surface area contributed by atoms with Crippen LogP contribution in [0.4, 0.5) is 0 Å². The van der Waals surface area contributed by atoms with Gasteiger partial charge in [0.05, 0.1) is 11.7 Å². The Balaban J connectivity index is 2.26. The summed E-state index contributed by atoms with van der Waals surface area (Å²) < 4.78 is 5.92. The van der Waals surface area contributed by atoms with Crippen LogP contribution in [0.2, 0.25) is 0 Å². The molecule has 0 unspecified atom stereocenters. The van der Waals surface area contributed by atoms with E-state index in [1.807, 2.05) is 0 Å². The zero-order chi connectivity index (χ0) is 8.06. The van der Waals surface area contributed by atoms with Gasteiger partial charge in [0.2, 0.25) is 0 Å². The van der Waals surface area contributed by atoms with Gasteiger partial charge >= 0.3 is 0 Å². The van der Waals surface area contributed by atoms with Crippen LogP contribution in [0.3, 0.4) is 0 Å². The molecular weight excluding hydrogens is 136 g/mol. The lowest BCUT2D eigenvalue weighted by Gasteiger charge is -2.22. The first-order chi connectivity index (χ1) is 5.09.